The van der Waals surface area contributed by atoms with Crippen molar-refractivity contribution in [3.8, 4) is 11.5 Å². The average Bonchev–Trinajstić information content (AvgIpc) is 2.81. The molecule has 0 aliphatic carbocycles. The van der Waals surface area contributed by atoms with Gasteiger partial charge in [0.25, 0.3) is 0 Å². The maximum atomic E-state index is 12.9. The number of amides is 2. The van der Waals surface area contributed by atoms with Crippen molar-refractivity contribution in [3.05, 3.63) is 59.7 Å². The van der Waals surface area contributed by atoms with Crippen molar-refractivity contribution in [1.82, 2.24) is 9.80 Å². The number of piperazine rings is 1. The van der Waals surface area contributed by atoms with E-state index in [1.807, 2.05) is 30.3 Å². The number of hydrogen-bond donors (Lipinski definition) is 0. The number of halogens is 3. The van der Waals surface area contributed by atoms with Gasteiger partial charge in [0, 0.05) is 31.1 Å². The summed E-state index contributed by atoms with van der Waals surface area (Å²) in [6, 6.07) is 13.4. The number of carbonyl (C=O) groups is 2. The van der Waals surface area contributed by atoms with Crippen LogP contribution in [-0.2, 0) is 16.1 Å². The van der Waals surface area contributed by atoms with Gasteiger partial charge in [-0.05, 0) is 17.7 Å². The molecule has 4 rings (SSSR count). The molecule has 7 nitrogen and oxygen atoms in total. The summed E-state index contributed by atoms with van der Waals surface area (Å²) in [4.78, 5) is 28.3. The summed E-state index contributed by atoms with van der Waals surface area (Å²) < 4.78 is 53.0. The van der Waals surface area contributed by atoms with E-state index in [0.29, 0.717) is 37.4 Å². The fourth-order valence-corrected chi connectivity index (χ4v) is 3.91. The fourth-order valence-electron chi connectivity index (χ4n) is 3.91. The minimum atomic E-state index is -4.44. The van der Waals surface area contributed by atoms with Crippen molar-refractivity contribution in [2.75, 3.05) is 32.8 Å². The molecule has 2 aliphatic rings. The van der Waals surface area contributed by atoms with Crippen LogP contribution in [0.15, 0.2) is 48.5 Å². The first-order valence-corrected chi connectivity index (χ1v) is 10.5. The van der Waals surface area contributed by atoms with Crippen LogP contribution in [0.2, 0.25) is 0 Å². The number of nitrogens with zero attached hydrogens (tertiary/aromatic N) is 2. The van der Waals surface area contributed by atoms with Gasteiger partial charge in [-0.1, -0.05) is 30.3 Å². The first-order chi connectivity index (χ1) is 15.8. The number of hydrogen-bond acceptors (Lipinski definition) is 5. The molecule has 1 saturated heterocycles. The Balaban J connectivity index is 1.37. The van der Waals surface area contributed by atoms with Gasteiger partial charge in [0.05, 0.1) is 12.6 Å². The molecule has 0 N–H and O–H groups in total. The average molecular weight is 464 g/mol. The van der Waals surface area contributed by atoms with Crippen LogP contribution in [0.5, 0.6) is 11.5 Å². The fraction of sp³-hybridized carbons (Fsp3) is 0.391. The Morgan fingerprint density at radius 3 is 2.64 bits per heavy atom. The molecule has 0 radical (unpaired) electrons. The SMILES string of the molecule is O=C(OCc1ccccc1)N1CCN(C2CCOc3cc(OCC(F)(F)F)ccc32)C(=O)C1. The molecule has 1 atom stereocenters. The summed E-state index contributed by atoms with van der Waals surface area (Å²) in [7, 11) is 0. The second kappa shape index (κ2) is 9.60. The van der Waals surface area contributed by atoms with Crippen LogP contribution in [0.3, 0.4) is 0 Å². The van der Waals surface area contributed by atoms with Crippen LogP contribution in [0, 0.1) is 0 Å². The summed E-state index contributed by atoms with van der Waals surface area (Å²) in [5.74, 6) is 0.209. The van der Waals surface area contributed by atoms with E-state index < -0.39 is 18.9 Å². The maximum absolute atomic E-state index is 12.9. The molecule has 0 aromatic heterocycles. The number of fused-ring (bicyclic) bond motifs is 1. The van der Waals surface area contributed by atoms with E-state index in [1.54, 1.807) is 11.0 Å². The summed E-state index contributed by atoms with van der Waals surface area (Å²) in [5, 5.41) is 0. The number of benzene rings is 2. The molecule has 2 amide bonds. The number of ether oxygens (including phenoxy) is 3. The predicted molar refractivity (Wildman–Crippen MR) is 111 cm³/mol. The van der Waals surface area contributed by atoms with Crippen molar-refractivity contribution in [2.45, 2.75) is 25.2 Å². The van der Waals surface area contributed by atoms with E-state index in [0.717, 1.165) is 5.56 Å². The van der Waals surface area contributed by atoms with Crippen LogP contribution >= 0.6 is 0 Å². The van der Waals surface area contributed by atoms with Crippen molar-refractivity contribution < 1.29 is 37.0 Å². The zero-order valence-corrected chi connectivity index (χ0v) is 17.7. The second-order valence-electron chi connectivity index (χ2n) is 7.81. The Kier molecular flexibility index (Phi) is 6.62. The number of rotatable bonds is 5. The van der Waals surface area contributed by atoms with Gasteiger partial charge in [-0.25, -0.2) is 4.79 Å². The van der Waals surface area contributed by atoms with Gasteiger partial charge in [0.1, 0.15) is 24.7 Å². The quantitative estimate of drug-likeness (QED) is 0.671. The standard InChI is InChI=1S/C23H23F3N2O5/c24-23(25,26)15-33-17-6-7-18-19(8-11-31-20(18)12-17)28-10-9-27(13-21(28)29)22(30)32-14-16-4-2-1-3-5-16/h1-7,12,19H,8-11,13-15H2. The number of alkyl halides is 3. The van der Waals surface area contributed by atoms with E-state index in [-0.39, 0.29) is 30.9 Å². The summed E-state index contributed by atoms with van der Waals surface area (Å²) >= 11 is 0. The third-order valence-corrected chi connectivity index (χ3v) is 5.49. The molecule has 10 heteroatoms. The molecular weight excluding hydrogens is 441 g/mol. The molecule has 0 bridgehead atoms. The molecule has 33 heavy (non-hydrogen) atoms. The van der Waals surface area contributed by atoms with Gasteiger partial charge in [-0.2, -0.15) is 13.2 Å². The normalized spacial score (nSPS) is 18.4. The molecule has 2 aromatic rings. The predicted octanol–water partition coefficient (Wildman–Crippen LogP) is 3.93. The van der Waals surface area contributed by atoms with E-state index in [1.165, 1.54) is 17.0 Å². The molecule has 2 aromatic carbocycles. The molecule has 2 heterocycles. The highest BCUT2D eigenvalue weighted by Crippen LogP contribution is 2.39. The monoisotopic (exact) mass is 464 g/mol. The number of carbonyl (C=O) groups excluding carboxylic acids is 2. The second-order valence-corrected chi connectivity index (χ2v) is 7.81. The Morgan fingerprint density at radius 1 is 1.12 bits per heavy atom. The smallest absolute Gasteiger partial charge is 0.422 e. The summed E-state index contributed by atoms with van der Waals surface area (Å²) in [5.41, 5.74) is 1.56. The van der Waals surface area contributed by atoms with E-state index in [4.69, 9.17) is 14.2 Å². The lowest BCUT2D eigenvalue weighted by atomic mass is 9.98. The lowest BCUT2D eigenvalue weighted by Crippen LogP contribution is -2.53. The van der Waals surface area contributed by atoms with Gasteiger partial charge in [0.2, 0.25) is 5.91 Å². The minimum Gasteiger partial charge on any atom is -0.493 e. The van der Waals surface area contributed by atoms with Crippen LogP contribution in [0.4, 0.5) is 18.0 Å². The molecular formula is C23H23F3N2O5. The summed E-state index contributed by atoms with van der Waals surface area (Å²) in [6.07, 6.45) is -4.45. The van der Waals surface area contributed by atoms with Crippen LogP contribution in [0.1, 0.15) is 23.6 Å². The van der Waals surface area contributed by atoms with Gasteiger partial charge in [0.15, 0.2) is 6.61 Å². The van der Waals surface area contributed by atoms with Crippen molar-refractivity contribution in [2.24, 2.45) is 0 Å². The first kappa shape index (κ1) is 22.8. The lowest BCUT2D eigenvalue weighted by molar-refractivity contribution is -0.153. The third kappa shape index (κ3) is 5.68. The van der Waals surface area contributed by atoms with E-state index in [9.17, 15) is 22.8 Å². The zero-order valence-electron chi connectivity index (χ0n) is 17.7. The Labute approximate surface area is 188 Å². The van der Waals surface area contributed by atoms with E-state index >= 15 is 0 Å². The Hall–Kier alpha value is -3.43. The van der Waals surface area contributed by atoms with E-state index in [2.05, 4.69) is 0 Å². The molecule has 0 spiro atoms. The highest BCUT2D eigenvalue weighted by molar-refractivity contribution is 5.84. The van der Waals surface area contributed by atoms with Gasteiger partial charge < -0.3 is 19.1 Å². The van der Waals surface area contributed by atoms with Crippen LogP contribution in [-0.4, -0.2) is 60.8 Å². The molecule has 2 aliphatic heterocycles. The van der Waals surface area contributed by atoms with Gasteiger partial charge in [-0.15, -0.1) is 0 Å². The molecule has 1 fully saturated rings. The molecule has 1 unspecified atom stereocenters. The van der Waals surface area contributed by atoms with Crippen LogP contribution < -0.4 is 9.47 Å². The maximum Gasteiger partial charge on any atom is 0.422 e. The zero-order chi connectivity index (χ0) is 23.4. The highest BCUT2D eigenvalue weighted by atomic mass is 19.4. The lowest BCUT2D eigenvalue weighted by Gasteiger charge is -2.40. The van der Waals surface area contributed by atoms with Gasteiger partial charge in [-0.3, -0.25) is 9.69 Å². The largest absolute Gasteiger partial charge is 0.493 e. The summed E-state index contributed by atoms with van der Waals surface area (Å²) in [6.45, 7) is -0.426. The first-order valence-electron chi connectivity index (χ1n) is 10.5. The minimum absolute atomic E-state index is 0.0454. The third-order valence-electron chi connectivity index (χ3n) is 5.49. The molecule has 176 valence electrons. The van der Waals surface area contributed by atoms with Crippen molar-refractivity contribution >= 4 is 12.0 Å². The topological polar surface area (TPSA) is 68.3 Å². The Bertz CT molecular complexity index is 999. The highest BCUT2D eigenvalue weighted by Gasteiger charge is 2.36. The van der Waals surface area contributed by atoms with Crippen LogP contribution in [0.25, 0.3) is 0 Å². The molecule has 0 saturated carbocycles. The Morgan fingerprint density at radius 2 is 1.91 bits per heavy atom. The van der Waals surface area contributed by atoms with Crippen molar-refractivity contribution in [1.29, 1.82) is 0 Å². The van der Waals surface area contributed by atoms with Gasteiger partial charge >= 0.3 is 12.3 Å². The van der Waals surface area contributed by atoms with Crippen molar-refractivity contribution in [3.63, 3.8) is 0 Å².